The molecule has 3 aromatic rings. The number of nitrogens with zero attached hydrogens (tertiary/aromatic N) is 5. The molecule has 0 saturated heterocycles. The van der Waals surface area contributed by atoms with Gasteiger partial charge in [-0.2, -0.15) is 20.0 Å². The number of aryl methyl sites for hydroxylation is 2. The number of H-pyrrole nitrogens is 1. The summed E-state index contributed by atoms with van der Waals surface area (Å²) in [5.74, 6) is 0.701. The van der Waals surface area contributed by atoms with Gasteiger partial charge in [-0.25, -0.2) is 0 Å². The number of nitrogens with one attached hydrogen (secondary N) is 2. The van der Waals surface area contributed by atoms with Gasteiger partial charge >= 0.3 is 0 Å². The highest BCUT2D eigenvalue weighted by atomic mass is 16.1. The molecule has 0 fully saturated rings. The van der Waals surface area contributed by atoms with Gasteiger partial charge in [-0.05, 0) is 6.92 Å². The maximum atomic E-state index is 12.1. The van der Waals surface area contributed by atoms with E-state index in [2.05, 4.69) is 38.9 Å². The highest BCUT2D eigenvalue weighted by Gasteiger charge is 2.16. The summed E-state index contributed by atoms with van der Waals surface area (Å²) < 4.78 is 3.24. The van der Waals surface area contributed by atoms with Crippen molar-refractivity contribution in [3.05, 3.63) is 55.0 Å². The van der Waals surface area contributed by atoms with Crippen LogP contribution in [0.15, 0.2) is 49.3 Å². The lowest BCUT2D eigenvalue weighted by atomic mass is 10.2. The first kappa shape index (κ1) is 15.5. The van der Waals surface area contributed by atoms with Crippen LogP contribution in [0.25, 0.3) is 17.1 Å². The lowest BCUT2D eigenvalue weighted by Gasteiger charge is -2.06. The Morgan fingerprint density at radius 3 is 2.79 bits per heavy atom. The van der Waals surface area contributed by atoms with Crippen molar-refractivity contribution in [1.29, 1.82) is 0 Å². The summed E-state index contributed by atoms with van der Waals surface area (Å²) in [6.07, 6.45) is 4.95. The van der Waals surface area contributed by atoms with Gasteiger partial charge in [0, 0.05) is 42.2 Å². The summed E-state index contributed by atoms with van der Waals surface area (Å²) >= 11 is 0. The van der Waals surface area contributed by atoms with Gasteiger partial charge in [0.15, 0.2) is 5.82 Å². The first-order chi connectivity index (χ1) is 11.5. The second kappa shape index (κ2) is 5.99. The van der Waals surface area contributed by atoms with Crippen LogP contribution in [0.1, 0.15) is 5.69 Å². The Morgan fingerprint density at radius 1 is 1.42 bits per heavy atom. The third kappa shape index (κ3) is 2.89. The van der Waals surface area contributed by atoms with Crippen molar-refractivity contribution in [3.63, 3.8) is 0 Å². The fourth-order valence-corrected chi connectivity index (χ4v) is 2.14. The number of aromatic nitrogens is 6. The molecule has 2 N–H and O–H groups in total. The zero-order valence-electron chi connectivity index (χ0n) is 13.4. The molecule has 3 rings (SSSR count). The predicted octanol–water partition coefficient (Wildman–Crippen LogP) is 1.99. The summed E-state index contributed by atoms with van der Waals surface area (Å²) in [5, 5.41) is 18.5. The Morgan fingerprint density at radius 2 is 2.21 bits per heavy atom. The van der Waals surface area contributed by atoms with Gasteiger partial charge < -0.3 is 5.32 Å². The van der Waals surface area contributed by atoms with E-state index in [1.54, 1.807) is 21.6 Å². The number of hydrogen-bond donors (Lipinski definition) is 2. The van der Waals surface area contributed by atoms with Crippen LogP contribution in [0.5, 0.6) is 0 Å². The van der Waals surface area contributed by atoms with E-state index in [0.717, 1.165) is 11.3 Å². The summed E-state index contributed by atoms with van der Waals surface area (Å²) in [5.41, 5.74) is 2.66. The van der Waals surface area contributed by atoms with Crippen molar-refractivity contribution in [2.45, 2.75) is 6.92 Å². The van der Waals surface area contributed by atoms with Crippen LogP contribution in [0.3, 0.4) is 0 Å². The Balaban J connectivity index is 2.04. The standard InChI is InChI=1S/C16H17N7O/c1-5-10(2)16(24)18-14-7-13(12-8-17-22(4)9-12)21-23(14)15-6-11(3)19-20-15/h5-9H,1-2H2,3-4H3,(H,18,24)(H,19,20). The molecular formula is C16H17N7O. The lowest BCUT2D eigenvalue weighted by molar-refractivity contribution is -0.112. The number of hydrogen-bond acceptors (Lipinski definition) is 4. The van der Waals surface area contributed by atoms with E-state index in [0.29, 0.717) is 17.3 Å². The number of carbonyl (C=O) groups excluding carboxylic acids is 1. The van der Waals surface area contributed by atoms with E-state index in [-0.39, 0.29) is 11.5 Å². The summed E-state index contributed by atoms with van der Waals surface area (Å²) in [7, 11) is 1.83. The topological polar surface area (TPSA) is 93.4 Å². The molecule has 24 heavy (non-hydrogen) atoms. The summed E-state index contributed by atoms with van der Waals surface area (Å²) in [4.78, 5) is 12.1. The Labute approximate surface area is 138 Å². The van der Waals surface area contributed by atoms with E-state index in [1.165, 1.54) is 6.08 Å². The molecule has 0 radical (unpaired) electrons. The molecule has 0 aliphatic rings. The van der Waals surface area contributed by atoms with E-state index >= 15 is 0 Å². The Hall–Kier alpha value is -3.42. The minimum atomic E-state index is -0.351. The fourth-order valence-electron chi connectivity index (χ4n) is 2.14. The SMILES string of the molecule is C=CC(=C)C(=O)Nc1cc(-c2cnn(C)c2)nn1-c1cc(C)[nH]n1. The minimum Gasteiger partial charge on any atom is -0.306 e. The van der Waals surface area contributed by atoms with Crippen molar-refractivity contribution in [3.8, 4) is 17.1 Å². The lowest BCUT2D eigenvalue weighted by Crippen LogP contribution is -2.15. The van der Waals surface area contributed by atoms with Crippen LogP contribution >= 0.6 is 0 Å². The van der Waals surface area contributed by atoms with Crippen LogP contribution in [-0.2, 0) is 11.8 Å². The third-order valence-corrected chi connectivity index (χ3v) is 3.40. The third-order valence-electron chi connectivity index (χ3n) is 3.40. The van der Waals surface area contributed by atoms with Gasteiger partial charge in [0.05, 0.1) is 11.9 Å². The molecule has 8 nitrogen and oxygen atoms in total. The molecule has 8 heteroatoms. The molecule has 0 unspecified atom stereocenters. The van der Waals surface area contributed by atoms with E-state index in [9.17, 15) is 4.79 Å². The van der Waals surface area contributed by atoms with Gasteiger partial charge in [-0.1, -0.05) is 19.2 Å². The molecule has 3 aromatic heterocycles. The van der Waals surface area contributed by atoms with Gasteiger partial charge in [0.2, 0.25) is 0 Å². The monoisotopic (exact) mass is 323 g/mol. The van der Waals surface area contributed by atoms with Crippen molar-refractivity contribution < 1.29 is 4.79 Å². The van der Waals surface area contributed by atoms with Gasteiger partial charge in [0.25, 0.3) is 5.91 Å². The molecule has 0 atom stereocenters. The van der Waals surface area contributed by atoms with Crippen molar-refractivity contribution in [1.82, 2.24) is 29.8 Å². The number of carbonyl (C=O) groups is 1. The Bertz CT molecular complexity index is 928. The predicted molar refractivity (Wildman–Crippen MR) is 90.6 cm³/mol. The summed E-state index contributed by atoms with van der Waals surface area (Å²) in [6.45, 7) is 9.09. The molecule has 0 aromatic carbocycles. The summed E-state index contributed by atoms with van der Waals surface area (Å²) in [6, 6.07) is 3.59. The zero-order valence-corrected chi connectivity index (χ0v) is 13.4. The molecule has 0 aliphatic carbocycles. The quantitative estimate of drug-likeness (QED) is 0.554. The van der Waals surface area contributed by atoms with Crippen molar-refractivity contribution in [2.75, 3.05) is 5.32 Å². The number of anilines is 1. The normalized spacial score (nSPS) is 10.6. The van der Waals surface area contributed by atoms with E-state index in [4.69, 9.17) is 0 Å². The van der Waals surface area contributed by atoms with Gasteiger partial charge in [-0.15, -0.1) is 0 Å². The second-order valence-electron chi connectivity index (χ2n) is 5.32. The molecular weight excluding hydrogens is 306 g/mol. The highest BCUT2D eigenvalue weighted by Crippen LogP contribution is 2.24. The van der Waals surface area contributed by atoms with Crippen LogP contribution in [0, 0.1) is 6.92 Å². The van der Waals surface area contributed by atoms with Crippen molar-refractivity contribution >= 4 is 11.7 Å². The fraction of sp³-hybridized carbons (Fsp3) is 0.125. The van der Waals surface area contributed by atoms with Crippen LogP contribution in [-0.4, -0.2) is 35.7 Å². The molecule has 1 amide bonds. The van der Waals surface area contributed by atoms with Crippen molar-refractivity contribution in [2.24, 2.45) is 7.05 Å². The molecule has 122 valence electrons. The molecule has 0 aliphatic heterocycles. The Kier molecular flexibility index (Phi) is 3.87. The zero-order chi connectivity index (χ0) is 17.3. The molecule has 0 spiro atoms. The van der Waals surface area contributed by atoms with Gasteiger partial charge in [0.1, 0.15) is 5.82 Å². The largest absolute Gasteiger partial charge is 0.306 e. The second-order valence-corrected chi connectivity index (χ2v) is 5.32. The maximum Gasteiger partial charge on any atom is 0.256 e. The average molecular weight is 323 g/mol. The maximum absolute atomic E-state index is 12.1. The minimum absolute atomic E-state index is 0.267. The van der Waals surface area contributed by atoms with E-state index in [1.807, 2.05) is 26.2 Å². The van der Waals surface area contributed by atoms with Crippen LogP contribution < -0.4 is 5.32 Å². The van der Waals surface area contributed by atoms with E-state index < -0.39 is 0 Å². The molecule has 0 bridgehead atoms. The number of amides is 1. The first-order valence-electron chi connectivity index (χ1n) is 7.22. The van der Waals surface area contributed by atoms with Crippen LogP contribution in [0.4, 0.5) is 5.82 Å². The molecule has 3 heterocycles. The smallest absolute Gasteiger partial charge is 0.256 e. The number of aromatic amines is 1. The average Bonchev–Trinajstić information content (AvgIpc) is 3.26. The highest BCUT2D eigenvalue weighted by molar-refractivity contribution is 6.05. The molecule has 0 saturated carbocycles. The van der Waals surface area contributed by atoms with Gasteiger partial charge in [-0.3, -0.25) is 14.6 Å². The first-order valence-corrected chi connectivity index (χ1v) is 7.22. The number of rotatable bonds is 5. The van der Waals surface area contributed by atoms with Crippen LogP contribution in [0.2, 0.25) is 0 Å².